The maximum atomic E-state index is 12.6. The van der Waals surface area contributed by atoms with Crippen LogP contribution in [0.4, 0.5) is 0 Å². The summed E-state index contributed by atoms with van der Waals surface area (Å²) in [4.78, 5) is 15.7. The molecule has 3 rings (SSSR count). The summed E-state index contributed by atoms with van der Waals surface area (Å²) in [7, 11) is -3.02. The van der Waals surface area contributed by atoms with Crippen LogP contribution in [0, 0.1) is 0 Å². The van der Waals surface area contributed by atoms with Gasteiger partial charge in [0.25, 0.3) is 0 Å². The third-order valence-corrected chi connectivity index (χ3v) is 5.00. The molecule has 24 heavy (non-hydrogen) atoms. The van der Waals surface area contributed by atoms with Gasteiger partial charge >= 0.3 is 0 Å². The number of Topliss-reactive ketones (excluding diaryl/α,β-unsaturated/α-hetero) is 1. The molecule has 0 spiro atoms. The van der Waals surface area contributed by atoms with Crippen molar-refractivity contribution in [2.75, 3.05) is 12.0 Å². The highest BCUT2D eigenvalue weighted by Gasteiger charge is 2.15. The van der Waals surface area contributed by atoms with Gasteiger partial charge in [0.2, 0.25) is 0 Å². The summed E-state index contributed by atoms with van der Waals surface area (Å²) >= 11 is 0. The first-order chi connectivity index (χ1) is 11.4. The van der Waals surface area contributed by atoms with Crippen LogP contribution in [0.25, 0.3) is 10.9 Å². The van der Waals surface area contributed by atoms with Crippen molar-refractivity contribution in [2.45, 2.75) is 12.8 Å². The minimum atomic E-state index is -3.02. The maximum Gasteiger partial charge on any atom is 0.169 e. The van der Waals surface area contributed by atoms with E-state index in [0.29, 0.717) is 18.4 Å². The van der Waals surface area contributed by atoms with E-state index in [-0.39, 0.29) is 11.5 Å². The van der Waals surface area contributed by atoms with E-state index < -0.39 is 9.84 Å². The van der Waals surface area contributed by atoms with Crippen molar-refractivity contribution in [1.82, 2.24) is 4.98 Å². The number of para-hydroxylation sites is 1. The number of sulfone groups is 1. The Labute approximate surface area is 141 Å². The largest absolute Gasteiger partial charge is 0.360 e. The minimum Gasteiger partial charge on any atom is -0.360 e. The number of H-pyrrole nitrogens is 1. The predicted molar refractivity (Wildman–Crippen MR) is 96.2 cm³/mol. The van der Waals surface area contributed by atoms with Crippen LogP contribution in [0.15, 0.2) is 54.7 Å². The zero-order chi connectivity index (χ0) is 17.2. The van der Waals surface area contributed by atoms with Crippen LogP contribution in [-0.2, 0) is 22.7 Å². The molecule has 0 aliphatic heterocycles. The monoisotopic (exact) mass is 341 g/mol. The second kappa shape index (κ2) is 6.61. The molecule has 1 N–H and O–H groups in total. The van der Waals surface area contributed by atoms with Gasteiger partial charge < -0.3 is 4.98 Å². The molecule has 2 aromatic carbocycles. The summed E-state index contributed by atoms with van der Waals surface area (Å²) in [6.45, 7) is 0. The number of aryl methyl sites for hydroxylation is 1. The summed E-state index contributed by atoms with van der Waals surface area (Å²) in [6.07, 6.45) is 3.74. The molecular weight excluding hydrogens is 322 g/mol. The fourth-order valence-corrected chi connectivity index (χ4v) is 3.42. The summed E-state index contributed by atoms with van der Waals surface area (Å²) in [6, 6.07) is 15.3. The van der Waals surface area contributed by atoms with Gasteiger partial charge in [0.15, 0.2) is 5.78 Å². The van der Waals surface area contributed by atoms with Gasteiger partial charge in [-0.1, -0.05) is 48.5 Å². The molecule has 0 aliphatic rings. The van der Waals surface area contributed by atoms with Crippen LogP contribution < -0.4 is 0 Å². The fourth-order valence-electron chi connectivity index (χ4n) is 2.83. The van der Waals surface area contributed by atoms with Gasteiger partial charge in [-0.15, -0.1) is 0 Å². The van der Waals surface area contributed by atoms with Crippen LogP contribution >= 0.6 is 0 Å². The Morgan fingerprint density at radius 3 is 2.50 bits per heavy atom. The molecule has 1 heterocycles. The molecule has 4 nitrogen and oxygen atoms in total. The van der Waals surface area contributed by atoms with Gasteiger partial charge in [0.05, 0.1) is 5.75 Å². The van der Waals surface area contributed by atoms with E-state index in [2.05, 4.69) is 4.98 Å². The Morgan fingerprint density at radius 2 is 1.79 bits per heavy atom. The van der Waals surface area contributed by atoms with Gasteiger partial charge in [0, 0.05) is 35.3 Å². The number of benzene rings is 2. The molecule has 5 heteroatoms. The maximum absolute atomic E-state index is 12.6. The third-order valence-electron chi connectivity index (χ3n) is 4.05. The van der Waals surface area contributed by atoms with Crippen molar-refractivity contribution in [1.29, 1.82) is 0 Å². The number of aromatic nitrogens is 1. The first-order valence-electron chi connectivity index (χ1n) is 7.78. The highest BCUT2D eigenvalue weighted by atomic mass is 32.2. The molecular formula is C19H19NO3S. The molecule has 3 aromatic rings. The molecule has 0 unspecified atom stereocenters. The van der Waals surface area contributed by atoms with E-state index >= 15 is 0 Å². The Hall–Kier alpha value is -2.40. The van der Waals surface area contributed by atoms with Crippen LogP contribution in [0.5, 0.6) is 0 Å². The number of nitrogens with one attached hydrogen (secondary N) is 1. The smallest absolute Gasteiger partial charge is 0.169 e. The van der Waals surface area contributed by atoms with Crippen LogP contribution in [0.3, 0.4) is 0 Å². The zero-order valence-corrected chi connectivity index (χ0v) is 14.3. The van der Waals surface area contributed by atoms with Gasteiger partial charge in [0.1, 0.15) is 9.84 Å². The lowest BCUT2D eigenvalue weighted by atomic mass is 10.0. The van der Waals surface area contributed by atoms with E-state index in [1.54, 1.807) is 6.20 Å². The van der Waals surface area contributed by atoms with E-state index in [9.17, 15) is 13.2 Å². The first kappa shape index (κ1) is 16.5. The Balaban J connectivity index is 1.89. The lowest BCUT2D eigenvalue weighted by molar-refractivity contribution is 0.0994. The average Bonchev–Trinajstić information content (AvgIpc) is 2.98. The van der Waals surface area contributed by atoms with E-state index in [0.717, 1.165) is 22.0 Å². The Bertz CT molecular complexity index is 972. The molecule has 1 aromatic heterocycles. The number of ketones is 1. The van der Waals surface area contributed by atoms with Crippen molar-refractivity contribution in [3.8, 4) is 0 Å². The van der Waals surface area contributed by atoms with Crippen molar-refractivity contribution in [2.24, 2.45) is 0 Å². The summed E-state index contributed by atoms with van der Waals surface area (Å²) in [5.41, 5.74) is 3.38. The van der Waals surface area contributed by atoms with Gasteiger partial charge in [-0.25, -0.2) is 8.42 Å². The molecule has 0 atom stereocenters. The number of carbonyl (C=O) groups excluding carboxylic acids is 1. The Morgan fingerprint density at radius 1 is 1.04 bits per heavy atom. The number of fused-ring (bicyclic) bond motifs is 1. The lowest BCUT2D eigenvalue weighted by Crippen LogP contribution is -2.06. The molecule has 0 saturated carbocycles. The summed E-state index contributed by atoms with van der Waals surface area (Å²) < 4.78 is 22.8. The molecule has 0 bridgehead atoms. The SMILES string of the molecule is CS(=O)(=O)CCc1cccc2c(C(=O)Cc3ccccc3)c[nH]c12. The molecule has 0 radical (unpaired) electrons. The average molecular weight is 341 g/mol. The van der Waals surface area contributed by atoms with Gasteiger partial charge in [-0.2, -0.15) is 0 Å². The molecule has 0 amide bonds. The number of rotatable bonds is 6. The van der Waals surface area contributed by atoms with Gasteiger partial charge in [-0.3, -0.25) is 4.79 Å². The highest BCUT2D eigenvalue weighted by Crippen LogP contribution is 2.24. The highest BCUT2D eigenvalue weighted by molar-refractivity contribution is 7.90. The van der Waals surface area contributed by atoms with E-state index in [1.165, 1.54) is 6.26 Å². The second-order valence-corrected chi connectivity index (χ2v) is 8.27. The number of hydrogen-bond donors (Lipinski definition) is 1. The first-order valence-corrected chi connectivity index (χ1v) is 9.84. The van der Waals surface area contributed by atoms with Crippen LogP contribution in [-0.4, -0.2) is 31.2 Å². The number of aromatic amines is 1. The molecule has 0 fully saturated rings. The number of hydrogen-bond acceptors (Lipinski definition) is 3. The van der Waals surface area contributed by atoms with Gasteiger partial charge in [-0.05, 0) is 17.5 Å². The summed E-state index contributed by atoms with van der Waals surface area (Å²) in [5, 5.41) is 0.849. The predicted octanol–water partition coefficient (Wildman–Crippen LogP) is 3.18. The number of carbonyl (C=O) groups is 1. The topological polar surface area (TPSA) is 67.0 Å². The van der Waals surface area contributed by atoms with Crippen molar-refractivity contribution < 1.29 is 13.2 Å². The fraction of sp³-hybridized carbons (Fsp3) is 0.211. The third kappa shape index (κ3) is 3.74. The Kier molecular flexibility index (Phi) is 4.53. The zero-order valence-electron chi connectivity index (χ0n) is 13.5. The molecule has 124 valence electrons. The second-order valence-electron chi connectivity index (χ2n) is 6.01. The molecule has 0 saturated heterocycles. The minimum absolute atomic E-state index is 0.0488. The van der Waals surface area contributed by atoms with Crippen molar-refractivity contribution in [3.63, 3.8) is 0 Å². The van der Waals surface area contributed by atoms with E-state index in [1.807, 2.05) is 48.5 Å². The van der Waals surface area contributed by atoms with E-state index in [4.69, 9.17) is 0 Å². The lowest BCUT2D eigenvalue weighted by Gasteiger charge is -2.04. The quantitative estimate of drug-likeness (QED) is 0.700. The summed E-state index contributed by atoms with van der Waals surface area (Å²) in [5.74, 6) is 0.144. The molecule has 0 aliphatic carbocycles. The van der Waals surface area contributed by atoms with Crippen LogP contribution in [0.2, 0.25) is 0 Å². The standard InChI is InChI=1S/C19H19NO3S/c1-24(22,23)11-10-15-8-5-9-16-17(13-20-19(15)16)18(21)12-14-6-3-2-4-7-14/h2-9,13,20H,10-12H2,1H3. The normalized spacial score (nSPS) is 11.7. The van der Waals surface area contributed by atoms with Crippen LogP contribution in [0.1, 0.15) is 21.5 Å². The van der Waals surface area contributed by atoms with Crippen molar-refractivity contribution >= 4 is 26.5 Å². The van der Waals surface area contributed by atoms with Crippen molar-refractivity contribution in [3.05, 3.63) is 71.4 Å².